The number of hydrazone groups is 1. The molecule has 0 spiro atoms. The van der Waals surface area contributed by atoms with Crippen molar-refractivity contribution < 1.29 is 9.13 Å². The maximum absolute atomic E-state index is 13.2. The Labute approximate surface area is 115 Å². The van der Waals surface area contributed by atoms with E-state index in [0.717, 1.165) is 0 Å². The lowest BCUT2D eigenvalue weighted by molar-refractivity contribution is 0.211. The third-order valence-electron chi connectivity index (χ3n) is 2.25. The Hall–Kier alpha value is -2.66. The van der Waals surface area contributed by atoms with Gasteiger partial charge >= 0.3 is 0 Å². The number of hydrogen-bond donors (Lipinski definition) is 4. The van der Waals surface area contributed by atoms with Gasteiger partial charge in [-0.05, 0) is 12.1 Å². The quantitative estimate of drug-likeness (QED) is 0.258. The predicted molar refractivity (Wildman–Crippen MR) is 75.4 cm³/mol. The first-order valence-corrected chi connectivity index (χ1v) is 5.69. The molecule has 0 aliphatic rings. The summed E-state index contributed by atoms with van der Waals surface area (Å²) in [6, 6.07) is 5.70. The van der Waals surface area contributed by atoms with E-state index in [1.807, 2.05) is 0 Å². The van der Waals surface area contributed by atoms with Crippen LogP contribution in [0.3, 0.4) is 0 Å². The van der Waals surface area contributed by atoms with Crippen LogP contribution in [0.2, 0.25) is 0 Å². The van der Waals surface area contributed by atoms with E-state index >= 15 is 0 Å². The highest BCUT2D eigenvalue weighted by Gasteiger charge is 2.05. The van der Waals surface area contributed by atoms with Crippen LogP contribution in [0.15, 0.2) is 23.3 Å². The van der Waals surface area contributed by atoms with Crippen LogP contribution in [0, 0.1) is 22.6 Å². The fraction of sp³-hybridized carbons (Fsp3) is 0.250. The third kappa shape index (κ3) is 4.55. The van der Waals surface area contributed by atoms with E-state index in [4.69, 9.17) is 21.1 Å². The van der Waals surface area contributed by atoms with E-state index in [1.165, 1.54) is 18.2 Å². The predicted octanol–water partition coefficient (Wildman–Crippen LogP) is 1.11. The zero-order chi connectivity index (χ0) is 15.0. The van der Waals surface area contributed by atoms with Crippen molar-refractivity contribution in [3.8, 4) is 6.07 Å². The molecule has 0 heterocycles. The lowest BCUT2D eigenvalue weighted by Crippen LogP contribution is -2.22. The molecule has 0 radical (unpaired) electrons. The van der Waals surface area contributed by atoms with Gasteiger partial charge in [0.15, 0.2) is 5.84 Å². The van der Waals surface area contributed by atoms with Gasteiger partial charge in [-0.1, -0.05) is 0 Å². The first-order valence-electron chi connectivity index (χ1n) is 5.69. The monoisotopic (exact) mass is 278 g/mol. The molecule has 0 amide bonds. The molecule has 7 nitrogen and oxygen atoms in total. The second kappa shape index (κ2) is 7.70. The Morgan fingerprint density at radius 1 is 1.55 bits per heavy atom. The topological polar surface area (TPSA) is 119 Å². The minimum atomic E-state index is -0.467. The number of nitrogens with zero attached hydrogens (tertiary/aromatic N) is 2. The van der Waals surface area contributed by atoms with E-state index < -0.39 is 11.7 Å². The van der Waals surface area contributed by atoms with Crippen LogP contribution in [0.1, 0.15) is 0 Å². The standard InChI is InChI=1S/C12H15FN6O/c1-20-5-4-17-9-3-2-8(13)6-10(9)18-19-11(7-14)12(15)16/h2-3,6,17-18H,4-5H2,1H3,(H3,15,16)/b19-11+. The molecule has 0 aliphatic heterocycles. The average molecular weight is 278 g/mol. The van der Waals surface area contributed by atoms with E-state index in [-0.39, 0.29) is 5.71 Å². The molecule has 1 rings (SSSR count). The highest BCUT2D eigenvalue weighted by molar-refractivity contribution is 6.45. The molecule has 5 N–H and O–H groups in total. The van der Waals surface area contributed by atoms with Crippen molar-refractivity contribution in [3.63, 3.8) is 0 Å². The SMILES string of the molecule is COCCNc1ccc(F)cc1N/N=C(\C#N)C(=N)N. The van der Waals surface area contributed by atoms with Crippen LogP contribution in [0.25, 0.3) is 0 Å². The molecular formula is C12H15FN6O. The molecule has 0 aromatic heterocycles. The lowest BCUT2D eigenvalue weighted by atomic mass is 10.2. The van der Waals surface area contributed by atoms with E-state index in [2.05, 4.69) is 15.8 Å². The summed E-state index contributed by atoms with van der Waals surface area (Å²) in [5.74, 6) is -0.924. The molecule has 1 aromatic rings. The lowest BCUT2D eigenvalue weighted by Gasteiger charge is -2.11. The van der Waals surface area contributed by atoms with Gasteiger partial charge in [0, 0.05) is 19.7 Å². The number of anilines is 2. The summed E-state index contributed by atoms with van der Waals surface area (Å²) in [5.41, 5.74) is 8.32. The molecule has 0 unspecified atom stereocenters. The molecule has 0 atom stereocenters. The molecule has 1 aromatic carbocycles. The first kappa shape index (κ1) is 15.4. The van der Waals surface area contributed by atoms with Crippen LogP contribution >= 0.6 is 0 Å². The van der Waals surface area contributed by atoms with Crippen LogP contribution in [-0.2, 0) is 4.74 Å². The maximum Gasteiger partial charge on any atom is 0.201 e. The zero-order valence-corrected chi connectivity index (χ0v) is 10.9. The fourth-order valence-corrected chi connectivity index (χ4v) is 1.31. The second-order valence-electron chi connectivity index (χ2n) is 3.71. The zero-order valence-electron chi connectivity index (χ0n) is 10.9. The normalized spacial score (nSPS) is 10.8. The number of ether oxygens (including phenoxy) is 1. The first-order chi connectivity index (χ1) is 9.58. The van der Waals surface area contributed by atoms with Gasteiger partial charge in [-0.25, -0.2) is 4.39 Å². The Balaban J connectivity index is 2.89. The van der Waals surface area contributed by atoms with Gasteiger partial charge in [-0.3, -0.25) is 10.8 Å². The van der Waals surface area contributed by atoms with Crippen LogP contribution < -0.4 is 16.5 Å². The Kier molecular flexibility index (Phi) is 5.93. The number of halogens is 1. The van der Waals surface area contributed by atoms with E-state index in [0.29, 0.717) is 24.5 Å². The van der Waals surface area contributed by atoms with Crippen molar-refractivity contribution in [2.45, 2.75) is 0 Å². The van der Waals surface area contributed by atoms with E-state index in [1.54, 1.807) is 13.2 Å². The molecule has 0 aliphatic carbocycles. The molecule has 0 saturated heterocycles. The highest BCUT2D eigenvalue weighted by atomic mass is 19.1. The largest absolute Gasteiger partial charge is 0.383 e. The summed E-state index contributed by atoms with van der Waals surface area (Å²) in [7, 11) is 1.57. The van der Waals surface area contributed by atoms with Crippen molar-refractivity contribution in [3.05, 3.63) is 24.0 Å². The Morgan fingerprint density at radius 3 is 2.90 bits per heavy atom. The van der Waals surface area contributed by atoms with Gasteiger partial charge in [-0.15, -0.1) is 0 Å². The number of hydrogen-bond acceptors (Lipinski definition) is 6. The number of nitrogens with two attached hydrogens (primary N) is 1. The van der Waals surface area contributed by atoms with Gasteiger partial charge < -0.3 is 15.8 Å². The number of amidine groups is 1. The minimum Gasteiger partial charge on any atom is -0.383 e. The van der Waals surface area contributed by atoms with Crippen molar-refractivity contribution >= 4 is 22.9 Å². The maximum atomic E-state index is 13.2. The average Bonchev–Trinajstić information content (AvgIpc) is 2.41. The summed E-state index contributed by atoms with van der Waals surface area (Å²) in [6.07, 6.45) is 0. The van der Waals surface area contributed by atoms with Gasteiger partial charge in [0.2, 0.25) is 5.71 Å². The summed E-state index contributed by atoms with van der Waals surface area (Å²) < 4.78 is 18.1. The van der Waals surface area contributed by atoms with Crippen molar-refractivity contribution in [1.29, 1.82) is 10.7 Å². The number of benzene rings is 1. The molecule has 8 heteroatoms. The molecule has 20 heavy (non-hydrogen) atoms. The van der Waals surface area contributed by atoms with Gasteiger partial charge in [0.05, 0.1) is 18.0 Å². The minimum absolute atomic E-state index is 0.280. The number of nitriles is 1. The van der Waals surface area contributed by atoms with Crippen LogP contribution in [-0.4, -0.2) is 31.8 Å². The third-order valence-corrected chi connectivity index (χ3v) is 2.25. The Morgan fingerprint density at radius 2 is 2.30 bits per heavy atom. The van der Waals surface area contributed by atoms with Crippen molar-refractivity contribution in [2.75, 3.05) is 31.0 Å². The van der Waals surface area contributed by atoms with Crippen molar-refractivity contribution in [2.24, 2.45) is 10.8 Å². The van der Waals surface area contributed by atoms with Gasteiger partial charge in [-0.2, -0.15) is 10.4 Å². The smallest absolute Gasteiger partial charge is 0.201 e. The number of methoxy groups -OCH3 is 1. The summed E-state index contributed by atoms with van der Waals surface area (Å²) >= 11 is 0. The van der Waals surface area contributed by atoms with Crippen LogP contribution in [0.4, 0.5) is 15.8 Å². The second-order valence-corrected chi connectivity index (χ2v) is 3.71. The molecule has 0 bridgehead atoms. The molecule has 0 fully saturated rings. The summed E-state index contributed by atoms with van der Waals surface area (Å²) in [5, 5.41) is 22.5. The van der Waals surface area contributed by atoms with Crippen LogP contribution in [0.5, 0.6) is 0 Å². The number of rotatable bonds is 7. The number of nitrogens with one attached hydrogen (secondary N) is 3. The summed E-state index contributed by atoms with van der Waals surface area (Å²) in [6.45, 7) is 1.01. The molecule has 106 valence electrons. The van der Waals surface area contributed by atoms with Gasteiger partial charge in [0.25, 0.3) is 0 Å². The van der Waals surface area contributed by atoms with E-state index in [9.17, 15) is 4.39 Å². The fourth-order valence-electron chi connectivity index (χ4n) is 1.31. The summed E-state index contributed by atoms with van der Waals surface area (Å²) in [4.78, 5) is 0. The Bertz CT molecular complexity index is 551. The molecular weight excluding hydrogens is 263 g/mol. The van der Waals surface area contributed by atoms with Crippen molar-refractivity contribution in [1.82, 2.24) is 0 Å². The van der Waals surface area contributed by atoms with Gasteiger partial charge in [0.1, 0.15) is 11.9 Å². The highest BCUT2D eigenvalue weighted by Crippen LogP contribution is 2.22. The molecule has 0 saturated carbocycles.